The Morgan fingerprint density at radius 2 is 2.28 bits per heavy atom. The van der Waals surface area contributed by atoms with Crippen molar-refractivity contribution in [1.82, 2.24) is 15.3 Å². The summed E-state index contributed by atoms with van der Waals surface area (Å²) >= 11 is 2.75. The van der Waals surface area contributed by atoms with Gasteiger partial charge in [0, 0.05) is 12.3 Å². The second-order valence-corrected chi connectivity index (χ2v) is 5.70. The van der Waals surface area contributed by atoms with Crippen molar-refractivity contribution in [3.05, 3.63) is 4.88 Å². The fraction of sp³-hybridized carbons (Fsp3) is 0.300. The van der Waals surface area contributed by atoms with E-state index in [4.69, 9.17) is 4.74 Å². The van der Waals surface area contributed by atoms with Crippen molar-refractivity contribution in [3.8, 4) is 11.9 Å². The predicted molar refractivity (Wildman–Crippen MR) is 68.7 cm³/mol. The van der Waals surface area contributed by atoms with Gasteiger partial charge in [-0.2, -0.15) is 9.97 Å². The second kappa shape index (κ2) is 4.29. The Morgan fingerprint density at radius 3 is 3.06 bits per heavy atom. The van der Waals surface area contributed by atoms with Crippen LogP contribution in [0.2, 0.25) is 0 Å². The number of aromatic nitrogens is 2. The number of aromatic hydroxyl groups is 1. The molecule has 0 unspecified atom stereocenters. The minimum absolute atomic E-state index is 0.103. The molecule has 0 saturated carbocycles. The highest BCUT2D eigenvalue weighted by Gasteiger charge is 2.25. The first-order valence-corrected chi connectivity index (χ1v) is 6.99. The lowest BCUT2D eigenvalue weighted by atomic mass is 10.4. The number of fused-ring (bicyclic) bond motifs is 3. The van der Waals surface area contributed by atoms with Crippen LogP contribution < -0.4 is 10.1 Å². The highest BCUT2D eigenvalue weighted by atomic mass is 32.2. The third kappa shape index (κ3) is 1.68. The molecule has 2 aromatic rings. The van der Waals surface area contributed by atoms with Crippen molar-refractivity contribution in [2.75, 3.05) is 19.4 Å². The molecule has 0 radical (unpaired) electrons. The molecule has 1 amide bonds. The zero-order chi connectivity index (χ0) is 12.7. The van der Waals surface area contributed by atoms with E-state index in [0.717, 1.165) is 10.6 Å². The standard InChI is InChI=1S/C10H9N3O3S2/c1-16-10-12-4-5-7(8(14)11-2-3-17-5)18-6(4)9(15)13-10/h2-3H2,1H3,(H,11,14)(H,12,13,15). The number of carbonyl (C=O) groups excluding carboxylic acids is 1. The summed E-state index contributed by atoms with van der Waals surface area (Å²) in [5, 5.41) is 12.6. The molecular weight excluding hydrogens is 274 g/mol. The number of amides is 1. The first-order valence-electron chi connectivity index (χ1n) is 5.19. The van der Waals surface area contributed by atoms with E-state index in [0.29, 0.717) is 21.6 Å². The molecule has 6 nitrogen and oxygen atoms in total. The zero-order valence-electron chi connectivity index (χ0n) is 9.39. The van der Waals surface area contributed by atoms with E-state index in [1.54, 1.807) is 11.8 Å². The maximum atomic E-state index is 11.9. The van der Waals surface area contributed by atoms with Crippen LogP contribution >= 0.6 is 23.1 Å². The van der Waals surface area contributed by atoms with Crippen molar-refractivity contribution < 1.29 is 14.6 Å². The molecule has 2 aromatic heterocycles. The van der Waals surface area contributed by atoms with Crippen molar-refractivity contribution in [1.29, 1.82) is 0 Å². The van der Waals surface area contributed by atoms with Crippen LogP contribution in [0.3, 0.4) is 0 Å². The van der Waals surface area contributed by atoms with E-state index in [1.807, 2.05) is 0 Å². The molecule has 1 aliphatic heterocycles. The normalized spacial score (nSPS) is 15.1. The Balaban J connectivity index is 2.31. The first kappa shape index (κ1) is 11.5. The highest BCUT2D eigenvalue weighted by molar-refractivity contribution is 7.99. The number of nitrogens with zero attached hydrogens (tertiary/aromatic N) is 2. The number of hydrogen-bond acceptors (Lipinski definition) is 7. The molecule has 2 N–H and O–H groups in total. The van der Waals surface area contributed by atoms with Crippen LogP contribution in [0.15, 0.2) is 4.90 Å². The van der Waals surface area contributed by atoms with E-state index < -0.39 is 0 Å². The van der Waals surface area contributed by atoms with Crippen LogP contribution in [0, 0.1) is 0 Å². The molecule has 0 bridgehead atoms. The zero-order valence-corrected chi connectivity index (χ0v) is 11.0. The smallest absolute Gasteiger partial charge is 0.320 e. The molecule has 18 heavy (non-hydrogen) atoms. The average molecular weight is 283 g/mol. The number of rotatable bonds is 1. The molecule has 0 atom stereocenters. The molecule has 1 aliphatic rings. The molecule has 8 heteroatoms. The van der Waals surface area contributed by atoms with Gasteiger partial charge < -0.3 is 15.2 Å². The van der Waals surface area contributed by atoms with Gasteiger partial charge in [-0.25, -0.2) is 0 Å². The molecule has 94 valence electrons. The van der Waals surface area contributed by atoms with Gasteiger partial charge in [0.2, 0.25) is 5.88 Å². The maximum Gasteiger partial charge on any atom is 0.320 e. The lowest BCUT2D eigenvalue weighted by molar-refractivity contribution is 0.0958. The molecule has 0 aromatic carbocycles. The second-order valence-electron chi connectivity index (χ2n) is 3.58. The molecule has 3 heterocycles. The maximum absolute atomic E-state index is 11.9. The van der Waals surface area contributed by atoms with Gasteiger partial charge in [-0.1, -0.05) is 0 Å². The number of hydrogen-bond donors (Lipinski definition) is 2. The number of thioether (sulfide) groups is 1. The Bertz CT molecular complexity index is 641. The Labute approximate surface area is 110 Å². The fourth-order valence-electron chi connectivity index (χ4n) is 1.70. The summed E-state index contributed by atoms with van der Waals surface area (Å²) in [5.74, 6) is 0.497. The van der Waals surface area contributed by atoms with Crippen LogP contribution in [0.25, 0.3) is 10.2 Å². The number of nitrogens with one attached hydrogen (secondary N) is 1. The first-order chi connectivity index (χ1) is 8.70. The topological polar surface area (TPSA) is 84.3 Å². The lowest BCUT2D eigenvalue weighted by Gasteiger charge is -2.00. The largest absolute Gasteiger partial charge is 0.492 e. The van der Waals surface area contributed by atoms with Gasteiger partial charge in [0.05, 0.1) is 12.0 Å². The van der Waals surface area contributed by atoms with E-state index in [-0.39, 0.29) is 17.8 Å². The summed E-state index contributed by atoms with van der Waals surface area (Å²) in [6.45, 7) is 0.626. The highest BCUT2D eigenvalue weighted by Crippen LogP contribution is 2.41. The summed E-state index contributed by atoms with van der Waals surface area (Å²) in [6, 6.07) is 0.103. The van der Waals surface area contributed by atoms with Crippen molar-refractivity contribution in [2.45, 2.75) is 4.90 Å². The Morgan fingerprint density at radius 1 is 1.44 bits per heavy atom. The summed E-state index contributed by atoms with van der Waals surface area (Å²) < 4.78 is 5.45. The van der Waals surface area contributed by atoms with Crippen LogP contribution in [0.1, 0.15) is 9.67 Å². The molecule has 0 aliphatic carbocycles. The van der Waals surface area contributed by atoms with Gasteiger partial charge in [-0.15, -0.1) is 23.1 Å². The molecule has 3 rings (SSSR count). The monoisotopic (exact) mass is 283 g/mol. The van der Waals surface area contributed by atoms with Crippen LogP contribution in [-0.4, -0.2) is 40.4 Å². The summed E-state index contributed by atoms with van der Waals surface area (Å²) in [5.41, 5.74) is 0.585. The third-order valence-corrected chi connectivity index (χ3v) is 4.87. The van der Waals surface area contributed by atoms with E-state index in [1.165, 1.54) is 18.4 Å². The number of carbonyl (C=O) groups is 1. The van der Waals surface area contributed by atoms with Crippen molar-refractivity contribution in [3.63, 3.8) is 0 Å². The SMILES string of the molecule is COc1nc(O)c2sc3c(c2n1)SCCNC3=O. The molecule has 0 spiro atoms. The third-order valence-electron chi connectivity index (χ3n) is 2.48. The number of ether oxygens (including phenoxy) is 1. The quantitative estimate of drug-likeness (QED) is 0.819. The van der Waals surface area contributed by atoms with Gasteiger partial charge in [0.1, 0.15) is 15.1 Å². The van der Waals surface area contributed by atoms with Gasteiger partial charge in [0.15, 0.2) is 0 Å². The van der Waals surface area contributed by atoms with E-state index in [9.17, 15) is 9.90 Å². The van der Waals surface area contributed by atoms with E-state index >= 15 is 0 Å². The predicted octanol–water partition coefficient (Wildman–Crippen LogP) is 1.24. The van der Waals surface area contributed by atoms with Gasteiger partial charge in [-0.3, -0.25) is 4.79 Å². The van der Waals surface area contributed by atoms with Crippen molar-refractivity contribution >= 4 is 39.2 Å². The van der Waals surface area contributed by atoms with Gasteiger partial charge in [0.25, 0.3) is 5.91 Å². The average Bonchev–Trinajstić information content (AvgIpc) is 2.64. The fourth-order valence-corrected chi connectivity index (χ4v) is 3.92. The van der Waals surface area contributed by atoms with Crippen LogP contribution in [0.5, 0.6) is 11.9 Å². The Hall–Kier alpha value is -1.54. The summed E-state index contributed by atoms with van der Waals surface area (Å²) in [4.78, 5) is 21.3. The van der Waals surface area contributed by atoms with Crippen LogP contribution in [0.4, 0.5) is 0 Å². The number of thiophene rings is 1. The minimum Gasteiger partial charge on any atom is -0.492 e. The molecule has 0 fully saturated rings. The van der Waals surface area contributed by atoms with Crippen molar-refractivity contribution in [2.24, 2.45) is 0 Å². The van der Waals surface area contributed by atoms with E-state index in [2.05, 4.69) is 15.3 Å². The summed E-state index contributed by atoms with van der Waals surface area (Å²) in [7, 11) is 1.44. The molecular formula is C10H9N3O3S2. The Kier molecular flexibility index (Phi) is 2.75. The summed E-state index contributed by atoms with van der Waals surface area (Å²) in [6.07, 6.45) is 0. The minimum atomic E-state index is -0.150. The van der Waals surface area contributed by atoms with Gasteiger partial charge in [-0.05, 0) is 0 Å². The molecule has 0 saturated heterocycles. The lowest BCUT2D eigenvalue weighted by Crippen LogP contribution is -2.22. The van der Waals surface area contributed by atoms with Crippen LogP contribution in [-0.2, 0) is 0 Å². The van der Waals surface area contributed by atoms with Gasteiger partial charge >= 0.3 is 6.01 Å². The number of methoxy groups -OCH3 is 1.